The van der Waals surface area contributed by atoms with Crippen LogP contribution in [0, 0.1) is 0 Å². The summed E-state index contributed by atoms with van der Waals surface area (Å²) in [4.78, 5) is 26.4. The highest BCUT2D eigenvalue weighted by atomic mass is 32.1. The van der Waals surface area contributed by atoms with Crippen molar-refractivity contribution in [2.45, 2.75) is 19.4 Å². The quantitative estimate of drug-likeness (QED) is 0.818. The van der Waals surface area contributed by atoms with Gasteiger partial charge < -0.3 is 10.1 Å². The van der Waals surface area contributed by atoms with Crippen LogP contribution in [0.25, 0.3) is 10.1 Å². The van der Waals surface area contributed by atoms with Crippen LogP contribution in [0.1, 0.15) is 12.8 Å². The molecule has 3 rings (SSSR count). The zero-order valence-electron chi connectivity index (χ0n) is 13.7. The van der Waals surface area contributed by atoms with E-state index < -0.39 is 0 Å². The van der Waals surface area contributed by atoms with E-state index in [4.69, 9.17) is 4.74 Å². The molecule has 0 bridgehead atoms. The molecule has 0 unspecified atom stereocenters. The highest BCUT2D eigenvalue weighted by molar-refractivity contribution is 7.13. The molecule has 2 aromatic rings. The summed E-state index contributed by atoms with van der Waals surface area (Å²) in [5, 5.41) is 3.71. The van der Waals surface area contributed by atoms with Crippen molar-refractivity contribution in [2.75, 3.05) is 39.4 Å². The number of fused-ring (bicyclic) bond motifs is 1. The number of hydrogen-bond acceptors (Lipinski definition) is 5. The van der Waals surface area contributed by atoms with Gasteiger partial charge >= 0.3 is 0 Å². The van der Waals surface area contributed by atoms with Crippen LogP contribution in [0.3, 0.4) is 0 Å². The Morgan fingerprint density at radius 1 is 1.21 bits per heavy atom. The third kappa shape index (κ3) is 4.43. The van der Waals surface area contributed by atoms with Crippen LogP contribution in [-0.4, -0.2) is 54.2 Å². The largest absolute Gasteiger partial charge is 0.379 e. The minimum absolute atomic E-state index is 0.0447. The molecule has 1 fully saturated rings. The first-order valence-electron chi connectivity index (χ1n) is 8.40. The van der Waals surface area contributed by atoms with Crippen molar-refractivity contribution in [3.8, 4) is 0 Å². The lowest BCUT2D eigenvalue weighted by Crippen LogP contribution is -2.41. The smallest absolute Gasteiger partial charge is 0.268 e. The number of benzene rings is 1. The summed E-state index contributed by atoms with van der Waals surface area (Å²) < 4.78 is 8.04. The maximum Gasteiger partial charge on any atom is 0.268 e. The Kier molecular flexibility index (Phi) is 6.01. The van der Waals surface area contributed by atoms with Crippen LogP contribution < -0.4 is 10.9 Å². The van der Waals surface area contributed by atoms with Gasteiger partial charge in [-0.15, -0.1) is 0 Å². The van der Waals surface area contributed by atoms with Crippen molar-refractivity contribution in [3.63, 3.8) is 0 Å². The summed E-state index contributed by atoms with van der Waals surface area (Å²) in [6.07, 6.45) is 1.12. The second-order valence-corrected chi connectivity index (χ2v) is 6.97. The number of rotatable bonds is 7. The van der Waals surface area contributed by atoms with Gasteiger partial charge in [0, 0.05) is 39.1 Å². The Hall–Kier alpha value is -1.70. The van der Waals surface area contributed by atoms with Gasteiger partial charge in [-0.2, -0.15) is 0 Å². The molecule has 24 heavy (non-hydrogen) atoms. The summed E-state index contributed by atoms with van der Waals surface area (Å²) in [5.74, 6) is 0.0532. The lowest BCUT2D eigenvalue weighted by molar-refractivity contribution is -0.121. The molecule has 1 aromatic heterocycles. The molecule has 6 nitrogen and oxygen atoms in total. The predicted octanol–water partition coefficient (Wildman–Crippen LogP) is 1.29. The minimum Gasteiger partial charge on any atom is -0.379 e. The van der Waals surface area contributed by atoms with Gasteiger partial charge in [0.05, 0.1) is 23.3 Å². The maximum absolute atomic E-state index is 12.2. The molecule has 1 saturated heterocycles. The monoisotopic (exact) mass is 349 g/mol. The zero-order chi connectivity index (χ0) is 16.8. The highest BCUT2D eigenvalue weighted by Gasteiger charge is 2.10. The van der Waals surface area contributed by atoms with Gasteiger partial charge in [0.25, 0.3) is 5.56 Å². The fraction of sp³-hybridized carbons (Fsp3) is 0.529. The lowest BCUT2D eigenvalue weighted by atomic mass is 10.3. The molecule has 7 heteroatoms. The van der Waals surface area contributed by atoms with Crippen LogP contribution >= 0.6 is 11.5 Å². The number of aryl methyl sites for hydroxylation is 1. The summed E-state index contributed by atoms with van der Waals surface area (Å²) in [7, 11) is 0. The van der Waals surface area contributed by atoms with E-state index in [1.807, 2.05) is 24.3 Å². The summed E-state index contributed by atoms with van der Waals surface area (Å²) >= 11 is 1.47. The van der Waals surface area contributed by atoms with E-state index in [9.17, 15) is 9.59 Å². The van der Waals surface area contributed by atoms with Gasteiger partial charge in [-0.05, 0) is 18.6 Å². The minimum atomic E-state index is 0.0447. The highest BCUT2D eigenvalue weighted by Crippen LogP contribution is 2.16. The van der Waals surface area contributed by atoms with Gasteiger partial charge in [0.2, 0.25) is 5.91 Å². The Labute approximate surface area is 145 Å². The number of aromatic nitrogens is 1. The third-order valence-corrected chi connectivity index (χ3v) is 5.29. The molecular formula is C17H23N3O3S. The first-order chi connectivity index (χ1) is 11.7. The number of morpholine rings is 1. The van der Waals surface area contributed by atoms with Gasteiger partial charge in [0.1, 0.15) is 0 Å². The normalized spacial score (nSPS) is 15.7. The Morgan fingerprint density at radius 3 is 2.79 bits per heavy atom. The molecule has 0 saturated carbocycles. The zero-order valence-corrected chi connectivity index (χ0v) is 14.5. The number of nitrogens with one attached hydrogen (secondary N) is 1. The first-order valence-corrected chi connectivity index (χ1v) is 9.17. The average Bonchev–Trinajstić information content (AvgIpc) is 2.92. The van der Waals surface area contributed by atoms with Crippen molar-refractivity contribution in [3.05, 3.63) is 34.6 Å². The van der Waals surface area contributed by atoms with Crippen molar-refractivity contribution in [1.82, 2.24) is 14.2 Å². The van der Waals surface area contributed by atoms with Gasteiger partial charge in [-0.25, -0.2) is 0 Å². The van der Waals surface area contributed by atoms with Crippen LogP contribution in [0.4, 0.5) is 0 Å². The van der Waals surface area contributed by atoms with E-state index in [0.29, 0.717) is 25.9 Å². The molecular weight excluding hydrogens is 326 g/mol. The van der Waals surface area contributed by atoms with Gasteiger partial charge in [0.15, 0.2) is 0 Å². The SMILES string of the molecule is O=C(CCCn1sc2ccccc2c1=O)NCCN1CCOCC1. The van der Waals surface area contributed by atoms with Crippen LogP contribution in [0.2, 0.25) is 0 Å². The molecule has 1 amide bonds. The molecule has 1 aliphatic heterocycles. The number of nitrogens with zero attached hydrogens (tertiary/aromatic N) is 2. The molecule has 0 radical (unpaired) electrons. The Bertz CT molecular complexity index is 734. The van der Waals surface area contributed by atoms with Crippen molar-refractivity contribution in [1.29, 1.82) is 0 Å². The van der Waals surface area contributed by atoms with Crippen molar-refractivity contribution >= 4 is 27.5 Å². The molecule has 1 aliphatic rings. The summed E-state index contributed by atoms with van der Waals surface area (Å²) in [5.41, 5.74) is 0.0447. The topological polar surface area (TPSA) is 63.6 Å². The molecule has 2 heterocycles. The number of carbonyl (C=O) groups is 1. The molecule has 0 atom stereocenters. The number of ether oxygens (including phenoxy) is 1. The van der Waals surface area contributed by atoms with Crippen molar-refractivity contribution < 1.29 is 9.53 Å². The average molecular weight is 349 g/mol. The molecule has 1 N–H and O–H groups in total. The van der Waals surface area contributed by atoms with E-state index in [2.05, 4.69) is 10.2 Å². The van der Waals surface area contributed by atoms with E-state index in [1.54, 1.807) is 3.96 Å². The van der Waals surface area contributed by atoms with Crippen LogP contribution in [0.5, 0.6) is 0 Å². The van der Waals surface area contributed by atoms with E-state index in [0.717, 1.165) is 42.9 Å². The maximum atomic E-state index is 12.2. The first kappa shape index (κ1) is 17.1. The van der Waals surface area contributed by atoms with Crippen molar-refractivity contribution in [2.24, 2.45) is 0 Å². The molecule has 1 aromatic carbocycles. The predicted molar refractivity (Wildman–Crippen MR) is 95.6 cm³/mol. The fourth-order valence-electron chi connectivity index (χ4n) is 2.81. The fourth-order valence-corrected chi connectivity index (χ4v) is 3.85. The number of amides is 1. The Balaban J connectivity index is 1.38. The molecule has 130 valence electrons. The second kappa shape index (κ2) is 8.41. The summed E-state index contributed by atoms with van der Waals surface area (Å²) in [6.45, 7) is 5.55. The summed E-state index contributed by atoms with van der Waals surface area (Å²) in [6, 6.07) is 7.62. The van der Waals surface area contributed by atoms with E-state index >= 15 is 0 Å². The number of hydrogen-bond donors (Lipinski definition) is 1. The third-order valence-electron chi connectivity index (χ3n) is 4.17. The standard InChI is InChI=1S/C17H23N3O3S/c21-16(18-7-9-19-10-12-23-13-11-19)6-3-8-20-17(22)14-4-1-2-5-15(14)24-20/h1-2,4-5H,3,6-13H2,(H,18,21). The Morgan fingerprint density at radius 2 is 2.00 bits per heavy atom. The van der Waals surface area contributed by atoms with E-state index in [1.165, 1.54) is 11.5 Å². The van der Waals surface area contributed by atoms with Crippen LogP contribution in [0.15, 0.2) is 29.1 Å². The van der Waals surface area contributed by atoms with Crippen LogP contribution in [-0.2, 0) is 16.1 Å². The molecule has 0 spiro atoms. The lowest BCUT2D eigenvalue weighted by Gasteiger charge is -2.26. The number of carbonyl (C=O) groups excluding carboxylic acids is 1. The second-order valence-electron chi connectivity index (χ2n) is 5.90. The van der Waals surface area contributed by atoms with Gasteiger partial charge in [-0.3, -0.25) is 18.4 Å². The molecule has 0 aliphatic carbocycles. The van der Waals surface area contributed by atoms with E-state index in [-0.39, 0.29) is 11.5 Å². The van der Waals surface area contributed by atoms with Gasteiger partial charge in [-0.1, -0.05) is 23.7 Å².